The van der Waals surface area contributed by atoms with Gasteiger partial charge in [-0.05, 0) is 46.6 Å². The molecular formula is C15H25N3O4. The quantitative estimate of drug-likeness (QED) is 0.724. The molecule has 0 aromatic heterocycles. The summed E-state index contributed by atoms with van der Waals surface area (Å²) < 4.78 is 5.16. The molecule has 1 saturated heterocycles. The van der Waals surface area contributed by atoms with E-state index in [1.807, 2.05) is 4.90 Å². The minimum Gasteiger partial charge on any atom is -0.479 e. The molecule has 1 heterocycles. The topological polar surface area (TPSA) is 103 Å². The molecule has 1 fully saturated rings. The largest absolute Gasteiger partial charge is 0.479 e. The Morgan fingerprint density at radius 1 is 1.41 bits per heavy atom. The lowest BCUT2D eigenvalue weighted by Gasteiger charge is -2.28. The molecule has 7 heteroatoms. The third-order valence-corrected chi connectivity index (χ3v) is 3.51. The summed E-state index contributed by atoms with van der Waals surface area (Å²) in [4.78, 5) is 25.5. The van der Waals surface area contributed by atoms with E-state index in [0.717, 1.165) is 19.4 Å². The molecule has 0 aliphatic carbocycles. The molecule has 0 saturated carbocycles. The Morgan fingerprint density at radius 2 is 2.09 bits per heavy atom. The number of carboxylic acid groups (broad SMARTS) is 1. The maximum absolute atomic E-state index is 11.9. The highest BCUT2D eigenvalue weighted by Gasteiger charge is 2.46. The molecule has 1 atom stereocenters. The van der Waals surface area contributed by atoms with Gasteiger partial charge in [0.05, 0.1) is 6.07 Å². The number of carbonyl (C=O) groups excluding carboxylic acids is 1. The SMILES string of the molecule is CC(C)(C)OC(=O)NC1(C(=O)O)CCN(CCCCC#N)C1. The first-order valence-electron chi connectivity index (χ1n) is 7.52. The Morgan fingerprint density at radius 3 is 2.64 bits per heavy atom. The molecule has 0 aromatic rings. The first-order chi connectivity index (χ1) is 10.2. The molecule has 22 heavy (non-hydrogen) atoms. The van der Waals surface area contributed by atoms with Crippen LogP contribution in [0.2, 0.25) is 0 Å². The number of unbranched alkanes of at least 4 members (excludes halogenated alkanes) is 2. The number of rotatable bonds is 6. The van der Waals surface area contributed by atoms with E-state index in [2.05, 4.69) is 11.4 Å². The van der Waals surface area contributed by atoms with Crippen molar-refractivity contribution in [3.63, 3.8) is 0 Å². The normalized spacial score (nSPS) is 22.1. The number of carboxylic acids is 1. The lowest BCUT2D eigenvalue weighted by molar-refractivity contribution is -0.144. The smallest absolute Gasteiger partial charge is 0.408 e. The van der Waals surface area contributed by atoms with Gasteiger partial charge in [-0.2, -0.15) is 5.26 Å². The predicted molar refractivity (Wildman–Crippen MR) is 80.3 cm³/mol. The fraction of sp³-hybridized carbons (Fsp3) is 0.800. The van der Waals surface area contributed by atoms with Crippen molar-refractivity contribution in [2.45, 2.75) is 57.6 Å². The van der Waals surface area contributed by atoms with Crippen LogP contribution in [0.4, 0.5) is 4.79 Å². The second kappa shape index (κ2) is 7.45. The van der Waals surface area contributed by atoms with Crippen LogP contribution in [-0.4, -0.2) is 52.8 Å². The standard InChI is InChI=1S/C15H25N3O4/c1-14(2,3)22-13(21)17-15(12(19)20)7-10-18(11-15)9-6-4-5-8-16/h4-7,9-11H2,1-3H3,(H,17,21)(H,19,20). The molecule has 0 radical (unpaired) electrons. The van der Waals surface area contributed by atoms with Gasteiger partial charge in [0.2, 0.25) is 0 Å². The summed E-state index contributed by atoms with van der Waals surface area (Å²) in [6.45, 7) is 6.79. The average molecular weight is 311 g/mol. The molecule has 1 rings (SSSR count). The first-order valence-corrected chi connectivity index (χ1v) is 7.52. The number of aliphatic carboxylic acids is 1. The van der Waals surface area contributed by atoms with E-state index in [9.17, 15) is 14.7 Å². The van der Waals surface area contributed by atoms with E-state index in [-0.39, 0.29) is 6.54 Å². The third-order valence-electron chi connectivity index (χ3n) is 3.51. The molecule has 1 unspecified atom stereocenters. The zero-order valence-electron chi connectivity index (χ0n) is 13.5. The molecule has 0 spiro atoms. The van der Waals surface area contributed by atoms with E-state index < -0.39 is 23.2 Å². The van der Waals surface area contributed by atoms with Crippen LogP contribution in [0.15, 0.2) is 0 Å². The van der Waals surface area contributed by atoms with Gasteiger partial charge < -0.3 is 20.1 Å². The Bertz CT molecular complexity index is 453. The number of likely N-dealkylation sites (tertiary alicyclic amines) is 1. The maximum Gasteiger partial charge on any atom is 0.408 e. The molecule has 7 nitrogen and oxygen atoms in total. The van der Waals surface area contributed by atoms with Gasteiger partial charge in [-0.15, -0.1) is 0 Å². The van der Waals surface area contributed by atoms with Crippen LogP contribution in [0.1, 0.15) is 46.5 Å². The summed E-state index contributed by atoms with van der Waals surface area (Å²) in [5.74, 6) is -1.04. The van der Waals surface area contributed by atoms with Crippen LogP contribution in [0, 0.1) is 11.3 Å². The number of hydrogen-bond acceptors (Lipinski definition) is 5. The van der Waals surface area contributed by atoms with E-state index in [4.69, 9.17) is 10.00 Å². The Balaban J connectivity index is 2.57. The highest BCUT2D eigenvalue weighted by Crippen LogP contribution is 2.23. The van der Waals surface area contributed by atoms with Gasteiger partial charge in [-0.1, -0.05) is 0 Å². The molecule has 1 amide bonds. The van der Waals surface area contributed by atoms with Gasteiger partial charge in [0.1, 0.15) is 5.60 Å². The summed E-state index contributed by atoms with van der Waals surface area (Å²) in [5, 5.41) is 20.5. The highest BCUT2D eigenvalue weighted by atomic mass is 16.6. The summed E-state index contributed by atoms with van der Waals surface area (Å²) >= 11 is 0. The number of carbonyl (C=O) groups is 2. The Labute approximate surface area is 131 Å². The minimum atomic E-state index is -1.29. The van der Waals surface area contributed by atoms with E-state index in [1.54, 1.807) is 20.8 Å². The number of amides is 1. The molecule has 1 aliphatic rings. The Hall–Kier alpha value is -1.81. The predicted octanol–water partition coefficient (Wildman–Crippen LogP) is 1.73. The van der Waals surface area contributed by atoms with Crippen LogP contribution < -0.4 is 5.32 Å². The second-order valence-corrected chi connectivity index (χ2v) is 6.66. The van der Waals surface area contributed by atoms with Crippen LogP contribution in [0.5, 0.6) is 0 Å². The first kappa shape index (κ1) is 18.2. The van der Waals surface area contributed by atoms with Crippen LogP contribution >= 0.6 is 0 Å². The van der Waals surface area contributed by atoms with Gasteiger partial charge in [0, 0.05) is 19.5 Å². The average Bonchev–Trinajstić information content (AvgIpc) is 2.77. The van der Waals surface area contributed by atoms with Gasteiger partial charge in [-0.25, -0.2) is 9.59 Å². The number of alkyl carbamates (subject to hydrolysis) is 1. The van der Waals surface area contributed by atoms with Gasteiger partial charge >= 0.3 is 12.1 Å². The summed E-state index contributed by atoms with van der Waals surface area (Å²) in [6.07, 6.45) is 1.79. The lowest BCUT2D eigenvalue weighted by Crippen LogP contribution is -2.57. The van der Waals surface area contributed by atoms with Crippen molar-refractivity contribution < 1.29 is 19.4 Å². The molecule has 0 aromatic carbocycles. The molecule has 0 bridgehead atoms. The number of hydrogen-bond donors (Lipinski definition) is 2. The number of nitrogens with one attached hydrogen (secondary N) is 1. The van der Waals surface area contributed by atoms with E-state index >= 15 is 0 Å². The van der Waals surface area contributed by atoms with E-state index in [0.29, 0.717) is 19.4 Å². The van der Waals surface area contributed by atoms with Crippen molar-refractivity contribution >= 4 is 12.1 Å². The molecule has 124 valence electrons. The third kappa shape index (κ3) is 5.53. The van der Waals surface area contributed by atoms with Crippen molar-refractivity contribution in [1.29, 1.82) is 5.26 Å². The van der Waals surface area contributed by atoms with Crippen molar-refractivity contribution in [2.24, 2.45) is 0 Å². The molecule has 2 N–H and O–H groups in total. The van der Waals surface area contributed by atoms with Gasteiger partial charge in [0.15, 0.2) is 5.54 Å². The van der Waals surface area contributed by atoms with Crippen molar-refractivity contribution in [3.05, 3.63) is 0 Å². The summed E-state index contributed by atoms with van der Waals surface area (Å²) in [6, 6.07) is 2.09. The molecular weight excluding hydrogens is 286 g/mol. The van der Waals surface area contributed by atoms with E-state index in [1.165, 1.54) is 0 Å². The number of ether oxygens (including phenoxy) is 1. The van der Waals surface area contributed by atoms with Crippen LogP contribution in [0.25, 0.3) is 0 Å². The fourth-order valence-electron chi connectivity index (χ4n) is 2.45. The monoisotopic (exact) mass is 311 g/mol. The van der Waals surface area contributed by atoms with Crippen LogP contribution in [0.3, 0.4) is 0 Å². The minimum absolute atomic E-state index is 0.258. The highest BCUT2D eigenvalue weighted by molar-refractivity contribution is 5.85. The van der Waals surface area contributed by atoms with Crippen LogP contribution in [-0.2, 0) is 9.53 Å². The Kier molecular flexibility index (Phi) is 6.18. The second-order valence-electron chi connectivity index (χ2n) is 6.66. The number of nitriles is 1. The number of nitrogens with zero attached hydrogens (tertiary/aromatic N) is 2. The fourth-order valence-corrected chi connectivity index (χ4v) is 2.45. The van der Waals surface area contributed by atoms with Crippen molar-refractivity contribution in [3.8, 4) is 6.07 Å². The summed E-state index contributed by atoms with van der Waals surface area (Å²) in [5.41, 5.74) is -1.96. The van der Waals surface area contributed by atoms with Gasteiger partial charge in [-0.3, -0.25) is 0 Å². The van der Waals surface area contributed by atoms with Crippen molar-refractivity contribution in [1.82, 2.24) is 10.2 Å². The van der Waals surface area contributed by atoms with Crippen molar-refractivity contribution in [2.75, 3.05) is 19.6 Å². The lowest BCUT2D eigenvalue weighted by atomic mass is 9.99. The molecule has 1 aliphatic heterocycles. The maximum atomic E-state index is 11.9. The summed E-state index contributed by atoms with van der Waals surface area (Å²) in [7, 11) is 0. The van der Waals surface area contributed by atoms with Gasteiger partial charge in [0.25, 0.3) is 0 Å². The zero-order valence-corrected chi connectivity index (χ0v) is 13.5. The zero-order chi connectivity index (χ0) is 16.8.